The Hall–Kier alpha value is -6.84. The number of aromatic nitrogens is 2. The number of nitrogens with zero attached hydrogens (tertiary/aromatic N) is 2. The average Bonchev–Trinajstić information content (AvgIpc) is 3.61. The van der Waals surface area contributed by atoms with E-state index in [-0.39, 0.29) is 5.92 Å². The van der Waals surface area contributed by atoms with Gasteiger partial charge in [-0.15, -0.1) is 0 Å². The third-order valence-corrected chi connectivity index (χ3v) is 11.3. The van der Waals surface area contributed by atoms with Crippen LogP contribution in [0.1, 0.15) is 34.0 Å². The summed E-state index contributed by atoms with van der Waals surface area (Å²) in [6, 6.07) is 63.2. The number of hydrogen-bond acceptors (Lipinski definition) is 3. The molecule has 1 unspecified atom stereocenters. The first-order valence-corrected chi connectivity index (χ1v) is 18.7. The molecule has 2 heterocycles. The molecule has 0 saturated heterocycles. The van der Waals surface area contributed by atoms with Gasteiger partial charge in [-0.05, 0) is 97.1 Å². The highest BCUT2D eigenvalue weighted by Crippen LogP contribution is 2.44. The van der Waals surface area contributed by atoms with Gasteiger partial charge in [0.15, 0.2) is 5.58 Å². The summed E-state index contributed by atoms with van der Waals surface area (Å²) >= 11 is 0. The Bertz CT molecular complexity index is 3050. The first-order chi connectivity index (χ1) is 26.7. The van der Waals surface area contributed by atoms with Gasteiger partial charge in [0.25, 0.3) is 0 Å². The monoisotopic (exact) mass is 690 g/mol. The number of benzene rings is 8. The van der Waals surface area contributed by atoms with Crippen molar-refractivity contribution in [2.75, 3.05) is 0 Å². The van der Waals surface area contributed by atoms with Crippen molar-refractivity contribution in [1.29, 1.82) is 0 Å². The van der Waals surface area contributed by atoms with E-state index in [0.29, 0.717) is 0 Å². The lowest BCUT2D eigenvalue weighted by Crippen LogP contribution is -2.15. The molecule has 2 aromatic heterocycles. The maximum Gasteiger partial charge on any atom is 0.180 e. The zero-order valence-electron chi connectivity index (χ0n) is 29.5. The molecular weight excluding hydrogens is 657 g/mol. The van der Waals surface area contributed by atoms with Crippen LogP contribution >= 0.6 is 0 Å². The summed E-state index contributed by atoms with van der Waals surface area (Å²) in [5, 5.41) is 6.07. The van der Waals surface area contributed by atoms with Crippen molar-refractivity contribution in [2.24, 2.45) is 0 Å². The molecule has 8 aromatic carbocycles. The van der Waals surface area contributed by atoms with Crippen LogP contribution < -0.4 is 0 Å². The van der Waals surface area contributed by atoms with Crippen molar-refractivity contribution in [3.63, 3.8) is 0 Å². The van der Waals surface area contributed by atoms with E-state index in [1.54, 1.807) is 0 Å². The van der Waals surface area contributed by atoms with Crippen LogP contribution in [0.5, 0.6) is 0 Å². The molecule has 0 aliphatic heterocycles. The van der Waals surface area contributed by atoms with E-state index >= 15 is 0 Å². The molecule has 0 saturated carbocycles. The minimum absolute atomic E-state index is 0.00921. The van der Waals surface area contributed by atoms with Crippen LogP contribution in [0, 0.1) is 0 Å². The Balaban J connectivity index is 1.10. The summed E-state index contributed by atoms with van der Waals surface area (Å²) < 4.78 is 6.67. The van der Waals surface area contributed by atoms with Crippen LogP contribution in [0.2, 0.25) is 0 Å². The SMILES string of the molecule is c1ccc(Cc2cc3ccccc3c3cc(-c4ccc5oc6c(-c7ccccc7)nc(C7Cc8ccccc8-c8ccccc87)nc6c5c4)ccc23)cc1. The van der Waals surface area contributed by atoms with Crippen LogP contribution in [-0.2, 0) is 12.8 Å². The van der Waals surface area contributed by atoms with E-state index in [4.69, 9.17) is 14.4 Å². The molecule has 0 amide bonds. The highest BCUT2D eigenvalue weighted by atomic mass is 16.3. The molecular formula is C51H34N2O. The van der Waals surface area contributed by atoms with Gasteiger partial charge in [-0.3, -0.25) is 0 Å². The van der Waals surface area contributed by atoms with Gasteiger partial charge >= 0.3 is 0 Å². The summed E-state index contributed by atoms with van der Waals surface area (Å²) in [7, 11) is 0. The fourth-order valence-corrected chi connectivity index (χ4v) is 8.68. The Labute approximate surface area is 313 Å². The topological polar surface area (TPSA) is 38.9 Å². The van der Waals surface area contributed by atoms with Gasteiger partial charge in [0.05, 0.1) is 0 Å². The van der Waals surface area contributed by atoms with E-state index in [1.807, 2.05) is 6.07 Å². The van der Waals surface area contributed by atoms with Crippen molar-refractivity contribution >= 4 is 43.6 Å². The Kier molecular flexibility index (Phi) is 7.06. The zero-order valence-corrected chi connectivity index (χ0v) is 29.5. The lowest BCUT2D eigenvalue weighted by atomic mass is 9.78. The molecule has 54 heavy (non-hydrogen) atoms. The molecule has 1 aliphatic carbocycles. The minimum atomic E-state index is 0.00921. The molecule has 0 spiro atoms. The number of fused-ring (bicyclic) bond motifs is 9. The lowest BCUT2D eigenvalue weighted by Gasteiger charge is -2.27. The van der Waals surface area contributed by atoms with Crippen LogP contribution in [0.3, 0.4) is 0 Å². The first kappa shape index (κ1) is 30.8. The fraction of sp³-hybridized carbons (Fsp3) is 0.0588. The van der Waals surface area contributed by atoms with Crippen molar-refractivity contribution in [1.82, 2.24) is 9.97 Å². The third-order valence-electron chi connectivity index (χ3n) is 11.3. The predicted molar refractivity (Wildman–Crippen MR) is 222 cm³/mol. The van der Waals surface area contributed by atoms with Gasteiger partial charge in [0.2, 0.25) is 0 Å². The standard InChI is InChI=1S/C51H34N2O/c1-3-13-32(14-4-1)27-38-28-36-17-7-10-20-40(36)44-29-34(23-25-41(38)44)35-24-26-47-46(30-35)49-50(54-47)48(33-15-5-2-6-16-33)52-51(53-49)45-31-37-18-8-9-19-39(37)42-21-11-12-22-43(42)45/h1-26,28-30,45H,27,31H2. The molecule has 0 radical (unpaired) electrons. The summed E-state index contributed by atoms with van der Waals surface area (Å²) in [5.74, 6) is 0.828. The van der Waals surface area contributed by atoms with Crippen LogP contribution in [0.4, 0.5) is 0 Å². The van der Waals surface area contributed by atoms with E-state index in [0.717, 1.165) is 63.1 Å². The predicted octanol–water partition coefficient (Wildman–Crippen LogP) is 13.0. The van der Waals surface area contributed by atoms with Gasteiger partial charge in [0, 0.05) is 16.9 Å². The maximum absolute atomic E-state index is 6.67. The van der Waals surface area contributed by atoms with E-state index in [1.165, 1.54) is 54.9 Å². The number of rotatable bonds is 5. The summed E-state index contributed by atoms with van der Waals surface area (Å²) in [6.45, 7) is 0. The third kappa shape index (κ3) is 5.04. The van der Waals surface area contributed by atoms with Crippen LogP contribution in [0.15, 0.2) is 180 Å². The van der Waals surface area contributed by atoms with Crippen molar-refractivity contribution in [3.05, 3.63) is 204 Å². The highest BCUT2D eigenvalue weighted by molar-refractivity contribution is 6.11. The summed E-state index contributed by atoms with van der Waals surface area (Å²) in [4.78, 5) is 10.8. The fourth-order valence-electron chi connectivity index (χ4n) is 8.68. The van der Waals surface area contributed by atoms with Crippen LogP contribution in [0.25, 0.3) is 77.1 Å². The minimum Gasteiger partial charge on any atom is -0.452 e. The second-order valence-corrected chi connectivity index (χ2v) is 14.5. The molecule has 10 aromatic rings. The molecule has 3 nitrogen and oxygen atoms in total. The average molecular weight is 691 g/mol. The van der Waals surface area contributed by atoms with E-state index in [2.05, 4.69) is 170 Å². The lowest BCUT2D eigenvalue weighted by molar-refractivity contribution is 0.663. The largest absolute Gasteiger partial charge is 0.452 e. The second kappa shape index (κ2) is 12.4. The Morgan fingerprint density at radius 1 is 0.519 bits per heavy atom. The number of furan rings is 1. The number of hydrogen-bond donors (Lipinski definition) is 0. The van der Waals surface area contributed by atoms with E-state index in [9.17, 15) is 0 Å². The summed E-state index contributed by atoms with van der Waals surface area (Å²) in [6.07, 6.45) is 1.72. The molecule has 254 valence electrons. The maximum atomic E-state index is 6.67. The normalized spacial score (nSPS) is 13.7. The smallest absolute Gasteiger partial charge is 0.180 e. The zero-order chi connectivity index (χ0) is 35.6. The Morgan fingerprint density at radius 3 is 2.09 bits per heavy atom. The van der Waals surface area contributed by atoms with E-state index < -0.39 is 0 Å². The summed E-state index contributed by atoms with van der Waals surface area (Å²) in [5.41, 5.74) is 14.3. The van der Waals surface area contributed by atoms with Crippen LogP contribution in [-0.4, -0.2) is 9.97 Å². The molecule has 0 bridgehead atoms. The second-order valence-electron chi connectivity index (χ2n) is 14.5. The molecule has 1 atom stereocenters. The van der Waals surface area contributed by atoms with Gasteiger partial charge < -0.3 is 4.42 Å². The molecule has 3 heteroatoms. The first-order valence-electron chi connectivity index (χ1n) is 18.7. The molecule has 0 fully saturated rings. The van der Waals surface area contributed by atoms with Gasteiger partial charge in [-0.1, -0.05) is 158 Å². The Morgan fingerprint density at radius 2 is 1.22 bits per heavy atom. The van der Waals surface area contributed by atoms with Gasteiger partial charge in [0.1, 0.15) is 22.6 Å². The molecule has 1 aliphatic rings. The highest BCUT2D eigenvalue weighted by Gasteiger charge is 2.29. The molecule has 0 N–H and O–H groups in total. The van der Waals surface area contributed by atoms with Gasteiger partial charge in [-0.25, -0.2) is 9.97 Å². The molecule has 11 rings (SSSR count). The van der Waals surface area contributed by atoms with Crippen molar-refractivity contribution < 1.29 is 4.42 Å². The quantitative estimate of drug-likeness (QED) is 0.169. The van der Waals surface area contributed by atoms with Crippen molar-refractivity contribution in [2.45, 2.75) is 18.8 Å². The van der Waals surface area contributed by atoms with Gasteiger partial charge in [-0.2, -0.15) is 0 Å². The van der Waals surface area contributed by atoms with Crippen molar-refractivity contribution in [3.8, 4) is 33.5 Å².